The van der Waals surface area contributed by atoms with Gasteiger partial charge >= 0.3 is 0 Å². The number of anilines is 1. The van der Waals surface area contributed by atoms with Gasteiger partial charge in [-0.1, -0.05) is 21.1 Å². The Morgan fingerprint density at radius 1 is 1.33 bits per heavy atom. The first-order chi connectivity index (χ1) is 7.31. The number of piperazine rings is 1. The highest BCUT2D eigenvalue weighted by atomic mass is 79.9. The summed E-state index contributed by atoms with van der Waals surface area (Å²) in [7, 11) is 1.94. The predicted octanol–water partition coefficient (Wildman–Crippen LogP) is 0.332. The zero-order valence-corrected chi connectivity index (χ0v) is 10.5. The van der Waals surface area contributed by atoms with Gasteiger partial charge in [0.25, 0.3) is 0 Å². The molecule has 0 atom stereocenters. The summed E-state index contributed by atoms with van der Waals surface area (Å²) in [5, 5.41) is 8.91. The summed E-state index contributed by atoms with van der Waals surface area (Å²) in [6.07, 6.45) is 1.83. The van der Waals surface area contributed by atoms with E-state index in [4.69, 9.17) is 0 Å². The Morgan fingerprint density at radius 3 is 2.60 bits per heavy atom. The van der Waals surface area contributed by atoms with E-state index in [1.54, 1.807) is 0 Å². The molecular formula is C9H16BrN5. The highest BCUT2D eigenvalue weighted by molar-refractivity contribution is 9.09. The molecule has 0 amide bonds. The summed E-state index contributed by atoms with van der Waals surface area (Å²) >= 11 is 3.47. The molecule has 84 valence electrons. The molecule has 0 unspecified atom stereocenters. The molecule has 2 rings (SSSR count). The highest BCUT2D eigenvalue weighted by Crippen LogP contribution is 2.13. The van der Waals surface area contributed by atoms with Crippen LogP contribution in [0.3, 0.4) is 0 Å². The molecule has 0 spiro atoms. The van der Waals surface area contributed by atoms with Crippen molar-refractivity contribution in [3.05, 3.63) is 6.20 Å². The Hall–Kier alpha value is -0.620. The molecule has 0 N–H and O–H groups in total. The average molecular weight is 274 g/mol. The van der Waals surface area contributed by atoms with Crippen molar-refractivity contribution in [2.45, 2.75) is 0 Å². The van der Waals surface area contributed by atoms with E-state index in [-0.39, 0.29) is 0 Å². The van der Waals surface area contributed by atoms with Crippen molar-refractivity contribution in [1.29, 1.82) is 0 Å². The van der Waals surface area contributed by atoms with Gasteiger partial charge in [-0.05, 0) is 0 Å². The number of alkyl halides is 1. The third-order valence-corrected chi connectivity index (χ3v) is 3.14. The zero-order chi connectivity index (χ0) is 10.7. The fourth-order valence-electron chi connectivity index (χ4n) is 1.89. The number of nitrogens with zero attached hydrogens (tertiary/aromatic N) is 5. The molecule has 0 saturated carbocycles. The average Bonchev–Trinajstić information content (AvgIpc) is 2.66. The molecular weight excluding hydrogens is 258 g/mol. The zero-order valence-electron chi connectivity index (χ0n) is 8.93. The maximum Gasteiger partial charge on any atom is 0.147 e. The monoisotopic (exact) mass is 273 g/mol. The summed E-state index contributed by atoms with van der Waals surface area (Å²) in [5.74, 6) is 1.12. The Balaban J connectivity index is 1.91. The van der Waals surface area contributed by atoms with Crippen LogP contribution in [0.15, 0.2) is 6.20 Å². The van der Waals surface area contributed by atoms with Crippen molar-refractivity contribution >= 4 is 21.7 Å². The van der Waals surface area contributed by atoms with Gasteiger partial charge < -0.3 is 4.90 Å². The second-order valence-electron chi connectivity index (χ2n) is 3.73. The maximum absolute atomic E-state index is 3.95. The quantitative estimate of drug-likeness (QED) is 0.745. The molecule has 1 aliphatic heterocycles. The molecule has 6 heteroatoms. The van der Waals surface area contributed by atoms with Gasteiger partial charge in [0.1, 0.15) is 5.82 Å². The molecule has 5 nitrogen and oxygen atoms in total. The molecule has 1 saturated heterocycles. The van der Waals surface area contributed by atoms with E-state index in [9.17, 15) is 0 Å². The number of aryl methyl sites for hydroxylation is 1. The molecule has 0 bridgehead atoms. The SMILES string of the molecule is Cn1nncc1N1CCN(CCBr)CC1. The second-order valence-corrected chi connectivity index (χ2v) is 4.53. The minimum Gasteiger partial charge on any atom is -0.353 e. The lowest BCUT2D eigenvalue weighted by Gasteiger charge is -2.35. The minimum absolute atomic E-state index is 1.06. The topological polar surface area (TPSA) is 37.2 Å². The van der Waals surface area contributed by atoms with E-state index >= 15 is 0 Å². The van der Waals surface area contributed by atoms with Crippen LogP contribution in [-0.4, -0.2) is 57.9 Å². The molecule has 0 radical (unpaired) electrons. The molecule has 1 aliphatic rings. The van der Waals surface area contributed by atoms with Gasteiger partial charge in [0.05, 0.1) is 6.20 Å². The van der Waals surface area contributed by atoms with E-state index < -0.39 is 0 Å². The van der Waals surface area contributed by atoms with Crippen LogP contribution in [0.5, 0.6) is 0 Å². The molecule has 0 aliphatic carbocycles. The summed E-state index contributed by atoms with van der Waals surface area (Å²) < 4.78 is 1.83. The summed E-state index contributed by atoms with van der Waals surface area (Å²) in [5.41, 5.74) is 0. The first-order valence-electron chi connectivity index (χ1n) is 5.19. The largest absolute Gasteiger partial charge is 0.353 e. The van der Waals surface area contributed by atoms with E-state index in [1.807, 2.05) is 17.9 Å². The Morgan fingerprint density at radius 2 is 2.07 bits per heavy atom. The van der Waals surface area contributed by atoms with E-state index in [0.29, 0.717) is 0 Å². The van der Waals surface area contributed by atoms with Crippen molar-refractivity contribution in [1.82, 2.24) is 19.9 Å². The van der Waals surface area contributed by atoms with E-state index in [0.717, 1.165) is 43.9 Å². The third kappa shape index (κ3) is 2.49. The van der Waals surface area contributed by atoms with Gasteiger partial charge in [-0.15, -0.1) is 5.10 Å². The van der Waals surface area contributed by atoms with Gasteiger partial charge in [-0.25, -0.2) is 4.68 Å². The first-order valence-corrected chi connectivity index (χ1v) is 6.31. The molecule has 0 aromatic carbocycles. The third-order valence-electron chi connectivity index (χ3n) is 2.79. The van der Waals surface area contributed by atoms with E-state index in [2.05, 4.69) is 36.0 Å². The normalized spacial score (nSPS) is 18.4. The van der Waals surface area contributed by atoms with Gasteiger partial charge in [0, 0.05) is 45.1 Å². The smallest absolute Gasteiger partial charge is 0.147 e. The van der Waals surface area contributed by atoms with Crippen LogP contribution >= 0.6 is 15.9 Å². The predicted molar refractivity (Wildman–Crippen MR) is 63.5 cm³/mol. The van der Waals surface area contributed by atoms with E-state index in [1.165, 1.54) is 0 Å². The number of halogens is 1. The molecule has 1 aromatic rings. The van der Waals surface area contributed by atoms with Crippen molar-refractivity contribution in [3.8, 4) is 0 Å². The number of hydrogen-bond acceptors (Lipinski definition) is 4. The fourth-order valence-corrected chi connectivity index (χ4v) is 2.39. The molecule has 2 heterocycles. The van der Waals surface area contributed by atoms with Gasteiger partial charge in [0.2, 0.25) is 0 Å². The van der Waals surface area contributed by atoms with Crippen molar-refractivity contribution in [2.75, 3.05) is 43.0 Å². The van der Waals surface area contributed by atoms with Crippen LogP contribution in [0.4, 0.5) is 5.82 Å². The summed E-state index contributed by atoms with van der Waals surface area (Å²) in [6.45, 7) is 5.51. The molecule has 1 aromatic heterocycles. The number of aromatic nitrogens is 3. The van der Waals surface area contributed by atoms with Crippen molar-refractivity contribution in [3.63, 3.8) is 0 Å². The lowest BCUT2D eigenvalue weighted by Crippen LogP contribution is -2.47. The fraction of sp³-hybridized carbons (Fsp3) is 0.778. The highest BCUT2D eigenvalue weighted by Gasteiger charge is 2.18. The van der Waals surface area contributed by atoms with Crippen molar-refractivity contribution < 1.29 is 0 Å². The Bertz CT molecular complexity index is 305. The van der Waals surface area contributed by atoms with Gasteiger partial charge in [-0.2, -0.15) is 0 Å². The lowest BCUT2D eigenvalue weighted by atomic mass is 10.3. The van der Waals surface area contributed by atoms with Crippen LogP contribution in [-0.2, 0) is 7.05 Å². The standard InChI is InChI=1S/C9H16BrN5/c1-13-9(8-11-12-13)15-6-4-14(3-2-10)5-7-15/h8H,2-7H2,1H3. The molecule has 15 heavy (non-hydrogen) atoms. The van der Waals surface area contributed by atoms with Crippen LogP contribution in [0.1, 0.15) is 0 Å². The maximum atomic E-state index is 3.95. The van der Waals surface area contributed by atoms with Crippen molar-refractivity contribution in [2.24, 2.45) is 7.05 Å². The minimum atomic E-state index is 1.06. The van der Waals surface area contributed by atoms with Crippen LogP contribution in [0.25, 0.3) is 0 Å². The summed E-state index contributed by atoms with van der Waals surface area (Å²) in [6, 6.07) is 0. The summed E-state index contributed by atoms with van der Waals surface area (Å²) in [4.78, 5) is 4.81. The van der Waals surface area contributed by atoms with Crippen LogP contribution < -0.4 is 4.90 Å². The van der Waals surface area contributed by atoms with Gasteiger partial charge in [0.15, 0.2) is 0 Å². The Labute approximate surface area is 98.2 Å². The van der Waals surface area contributed by atoms with Crippen LogP contribution in [0.2, 0.25) is 0 Å². The second kappa shape index (κ2) is 4.94. The van der Waals surface area contributed by atoms with Gasteiger partial charge in [-0.3, -0.25) is 4.90 Å². The first kappa shape index (κ1) is 10.9. The lowest BCUT2D eigenvalue weighted by molar-refractivity contribution is 0.272. The number of hydrogen-bond donors (Lipinski definition) is 0. The van der Waals surface area contributed by atoms with Crippen LogP contribution in [0, 0.1) is 0 Å². The molecule has 1 fully saturated rings. The number of rotatable bonds is 3. The Kier molecular flexibility index (Phi) is 3.58.